The molecule has 1 N–H and O–H groups in total. The van der Waals surface area contributed by atoms with Crippen molar-refractivity contribution >= 4 is 11.9 Å². The number of carboxylic acid groups (broad SMARTS) is 1. The van der Waals surface area contributed by atoms with E-state index in [9.17, 15) is 9.59 Å². The largest absolute Gasteiger partial charge is 0.480 e. The standard InChI is InChI=1S/C14H21NO4/c16-12(14(5-6-14)13(17)18)15-7-3-10(4-8-15)11-2-1-9-19-11/h10-11H,1-9H2,(H,17,18). The molecule has 0 bridgehead atoms. The third kappa shape index (κ3) is 2.24. The Kier molecular flexibility index (Phi) is 3.25. The van der Waals surface area contributed by atoms with Crippen molar-refractivity contribution in [1.29, 1.82) is 0 Å². The van der Waals surface area contributed by atoms with Crippen LogP contribution in [0.5, 0.6) is 0 Å². The van der Waals surface area contributed by atoms with Crippen LogP contribution in [0.2, 0.25) is 0 Å². The quantitative estimate of drug-likeness (QED) is 0.782. The molecule has 0 aromatic heterocycles. The molecule has 1 amide bonds. The van der Waals surface area contributed by atoms with E-state index in [0.29, 0.717) is 38.0 Å². The number of nitrogens with zero attached hydrogens (tertiary/aromatic N) is 1. The summed E-state index contributed by atoms with van der Waals surface area (Å²) < 4.78 is 5.71. The van der Waals surface area contributed by atoms with Gasteiger partial charge >= 0.3 is 5.97 Å². The molecule has 1 atom stereocenters. The van der Waals surface area contributed by atoms with E-state index in [4.69, 9.17) is 9.84 Å². The number of amides is 1. The summed E-state index contributed by atoms with van der Waals surface area (Å²) in [7, 11) is 0. The zero-order chi connectivity index (χ0) is 13.5. The number of carboxylic acids is 1. The normalized spacial score (nSPS) is 30.3. The van der Waals surface area contributed by atoms with Crippen LogP contribution in [0.4, 0.5) is 0 Å². The van der Waals surface area contributed by atoms with Crippen molar-refractivity contribution in [2.75, 3.05) is 19.7 Å². The second-order valence-electron chi connectivity index (χ2n) is 6.07. The predicted octanol–water partition coefficient (Wildman–Crippen LogP) is 1.27. The lowest BCUT2D eigenvalue weighted by Crippen LogP contribution is -2.46. The number of piperidine rings is 1. The van der Waals surface area contributed by atoms with Gasteiger partial charge in [0, 0.05) is 19.7 Å². The molecule has 3 fully saturated rings. The van der Waals surface area contributed by atoms with E-state index in [1.165, 1.54) is 0 Å². The minimum atomic E-state index is -1.07. The molecule has 1 aliphatic carbocycles. The number of carbonyl (C=O) groups is 2. The molecule has 1 saturated carbocycles. The molecule has 2 aliphatic heterocycles. The first-order valence-electron chi connectivity index (χ1n) is 7.28. The molecule has 0 aromatic carbocycles. The molecule has 3 aliphatic rings. The summed E-state index contributed by atoms with van der Waals surface area (Å²) in [6.45, 7) is 2.25. The first kappa shape index (κ1) is 12.9. The number of likely N-dealkylation sites (tertiary alicyclic amines) is 1. The van der Waals surface area contributed by atoms with Gasteiger partial charge in [-0.25, -0.2) is 0 Å². The van der Waals surface area contributed by atoms with Crippen LogP contribution < -0.4 is 0 Å². The molecule has 0 spiro atoms. The van der Waals surface area contributed by atoms with Crippen molar-refractivity contribution in [3.05, 3.63) is 0 Å². The van der Waals surface area contributed by atoms with E-state index >= 15 is 0 Å². The lowest BCUT2D eigenvalue weighted by Gasteiger charge is -2.35. The third-order valence-corrected chi connectivity index (χ3v) is 4.89. The summed E-state index contributed by atoms with van der Waals surface area (Å²) in [6, 6.07) is 0. The molecule has 2 heterocycles. The Morgan fingerprint density at radius 3 is 2.32 bits per heavy atom. The molecule has 106 valence electrons. The van der Waals surface area contributed by atoms with E-state index in [1.807, 2.05) is 0 Å². The van der Waals surface area contributed by atoms with Crippen molar-refractivity contribution in [3.63, 3.8) is 0 Å². The highest BCUT2D eigenvalue weighted by Crippen LogP contribution is 2.48. The number of hydrogen-bond acceptors (Lipinski definition) is 3. The first-order valence-corrected chi connectivity index (χ1v) is 7.28. The lowest BCUT2D eigenvalue weighted by molar-refractivity contribution is -0.154. The maximum atomic E-state index is 12.3. The Hall–Kier alpha value is -1.10. The number of rotatable bonds is 3. The highest BCUT2D eigenvalue weighted by Gasteiger charge is 2.58. The molecular formula is C14H21NO4. The predicted molar refractivity (Wildman–Crippen MR) is 67.6 cm³/mol. The van der Waals surface area contributed by atoms with Crippen molar-refractivity contribution in [2.45, 2.75) is 44.6 Å². The van der Waals surface area contributed by atoms with E-state index in [-0.39, 0.29) is 5.91 Å². The number of carbonyl (C=O) groups excluding carboxylic acids is 1. The molecule has 5 heteroatoms. The third-order valence-electron chi connectivity index (χ3n) is 4.89. The first-order chi connectivity index (χ1) is 9.13. The van der Waals surface area contributed by atoms with Gasteiger partial charge in [0.05, 0.1) is 6.10 Å². The number of aliphatic carboxylic acids is 1. The molecular weight excluding hydrogens is 246 g/mol. The Morgan fingerprint density at radius 2 is 1.84 bits per heavy atom. The molecule has 0 radical (unpaired) electrons. The highest BCUT2D eigenvalue weighted by molar-refractivity contribution is 6.04. The van der Waals surface area contributed by atoms with Crippen LogP contribution in [0.15, 0.2) is 0 Å². The van der Waals surface area contributed by atoms with Gasteiger partial charge in [-0.15, -0.1) is 0 Å². The van der Waals surface area contributed by atoms with Gasteiger partial charge in [-0.1, -0.05) is 0 Å². The van der Waals surface area contributed by atoms with Crippen LogP contribution in [0.25, 0.3) is 0 Å². The van der Waals surface area contributed by atoms with Crippen molar-refractivity contribution < 1.29 is 19.4 Å². The van der Waals surface area contributed by atoms with Crippen molar-refractivity contribution in [1.82, 2.24) is 4.90 Å². The smallest absolute Gasteiger partial charge is 0.319 e. The summed E-state index contributed by atoms with van der Waals surface area (Å²) in [5.41, 5.74) is -1.07. The van der Waals surface area contributed by atoms with Crippen LogP contribution >= 0.6 is 0 Å². The minimum Gasteiger partial charge on any atom is -0.480 e. The SMILES string of the molecule is O=C(O)C1(C(=O)N2CCC(C3CCCO3)CC2)CC1. The van der Waals surface area contributed by atoms with E-state index < -0.39 is 11.4 Å². The second kappa shape index (κ2) is 4.78. The summed E-state index contributed by atoms with van der Waals surface area (Å²) in [5.74, 6) is -0.559. The fraction of sp³-hybridized carbons (Fsp3) is 0.857. The fourth-order valence-corrected chi connectivity index (χ4v) is 3.40. The van der Waals surface area contributed by atoms with Crippen LogP contribution in [0, 0.1) is 11.3 Å². The summed E-state index contributed by atoms with van der Waals surface area (Å²) in [5, 5.41) is 9.16. The molecule has 0 aromatic rings. The van der Waals surface area contributed by atoms with Crippen LogP contribution in [-0.2, 0) is 14.3 Å². The van der Waals surface area contributed by atoms with Gasteiger partial charge in [0.25, 0.3) is 0 Å². The molecule has 5 nitrogen and oxygen atoms in total. The topological polar surface area (TPSA) is 66.8 Å². The number of ether oxygens (including phenoxy) is 1. The van der Waals surface area contributed by atoms with Crippen LogP contribution in [0.1, 0.15) is 38.5 Å². The maximum Gasteiger partial charge on any atom is 0.319 e. The van der Waals surface area contributed by atoms with E-state index in [1.54, 1.807) is 4.90 Å². The number of hydrogen-bond donors (Lipinski definition) is 1. The summed E-state index contributed by atoms with van der Waals surface area (Å²) in [4.78, 5) is 25.2. The average Bonchev–Trinajstić information content (AvgIpc) is 3.07. The zero-order valence-corrected chi connectivity index (χ0v) is 11.1. The molecule has 19 heavy (non-hydrogen) atoms. The summed E-state index contributed by atoms with van der Waals surface area (Å²) >= 11 is 0. The van der Waals surface area contributed by atoms with Gasteiger partial charge in [0.15, 0.2) is 0 Å². The second-order valence-corrected chi connectivity index (χ2v) is 6.07. The van der Waals surface area contributed by atoms with Crippen LogP contribution in [0.3, 0.4) is 0 Å². The molecule has 1 unspecified atom stereocenters. The van der Waals surface area contributed by atoms with Gasteiger partial charge < -0.3 is 14.7 Å². The van der Waals surface area contributed by atoms with E-state index in [0.717, 1.165) is 32.3 Å². The van der Waals surface area contributed by atoms with Gasteiger partial charge in [-0.3, -0.25) is 9.59 Å². The Bertz CT molecular complexity index is 377. The van der Waals surface area contributed by atoms with Gasteiger partial charge in [0.2, 0.25) is 5.91 Å². The minimum absolute atomic E-state index is 0.161. The van der Waals surface area contributed by atoms with Crippen molar-refractivity contribution in [2.24, 2.45) is 11.3 Å². The highest BCUT2D eigenvalue weighted by atomic mass is 16.5. The fourth-order valence-electron chi connectivity index (χ4n) is 3.40. The monoisotopic (exact) mass is 267 g/mol. The Labute approximate surface area is 112 Å². The zero-order valence-electron chi connectivity index (χ0n) is 11.1. The Morgan fingerprint density at radius 1 is 1.16 bits per heavy atom. The molecule has 2 saturated heterocycles. The van der Waals surface area contributed by atoms with E-state index in [2.05, 4.69) is 0 Å². The van der Waals surface area contributed by atoms with Gasteiger partial charge in [-0.2, -0.15) is 0 Å². The van der Waals surface area contributed by atoms with Crippen LogP contribution in [-0.4, -0.2) is 47.7 Å². The van der Waals surface area contributed by atoms with Crippen molar-refractivity contribution in [3.8, 4) is 0 Å². The van der Waals surface area contributed by atoms with Gasteiger partial charge in [0.1, 0.15) is 5.41 Å². The lowest BCUT2D eigenvalue weighted by atomic mass is 9.89. The average molecular weight is 267 g/mol. The molecule has 3 rings (SSSR count). The van der Waals surface area contributed by atoms with Gasteiger partial charge in [-0.05, 0) is 44.4 Å². The summed E-state index contributed by atoms with van der Waals surface area (Å²) in [6.07, 6.45) is 5.56. The maximum absolute atomic E-state index is 12.3. The Balaban J connectivity index is 1.55.